The fraction of sp³-hybridized carbons (Fsp3) is 0.357. The van der Waals surface area contributed by atoms with Gasteiger partial charge in [-0.1, -0.05) is 11.6 Å². The van der Waals surface area contributed by atoms with Crippen molar-refractivity contribution in [2.24, 2.45) is 7.05 Å². The molecule has 0 atom stereocenters. The summed E-state index contributed by atoms with van der Waals surface area (Å²) in [6.07, 6.45) is 1.70. The van der Waals surface area contributed by atoms with Crippen molar-refractivity contribution in [1.82, 2.24) is 19.4 Å². The van der Waals surface area contributed by atoms with E-state index in [0.717, 1.165) is 0 Å². The summed E-state index contributed by atoms with van der Waals surface area (Å²) in [6.45, 7) is 2.24. The standard InChI is InChI=1S/C14H17ClN6O2/c1-19-8-9(15)6-10(19)13(23)21-4-2-20(3-5-21)11-7-12(22)18-14(16)17-11/h6-8H,2-5H2,1H3,(H3,16,17,18,22). The Hall–Kier alpha value is -2.48. The smallest absolute Gasteiger partial charge is 0.270 e. The maximum Gasteiger partial charge on any atom is 0.270 e. The number of rotatable bonds is 2. The maximum atomic E-state index is 12.5. The molecule has 0 aromatic carbocycles. The van der Waals surface area contributed by atoms with Crippen LogP contribution in [0.1, 0.15) is 10.5 Å². The lowest BCUT2D eigenvalue weighted by atomic mass is 10.2. The Bertz CT molecular complexity index is 791. The molecule has 0 saturated carbocycles. The van der Waals surface area contributed by atoms with Crippen molar-refractivity contribution in [2.45, 2.75) is 0 Å². The summed E-state index contributed by atoms with van der Waals surface area (Å²) in [4.78, 5) is 34.2. The molecule has 122 valence electrons. The molecule has 0 spiro atoms. The minimum atomic E-state index is -0.288. The van der Waals surface area contributed by atoms with Crippen LogP contribution in [0.4, 0.5) is 11.8 Å². The van der Waals surface area contributed by atoms with E-state index in [9.17, 15) is 9.59 Å². The second kappa shape index (κ2) is 5.96. The van der Waals surface area contributed by atoms with Gasteiger partial charge in [0.1, 0.15) is 11.5 Å². The molecule has 8 nitrogen and oxygen atoms in total. The van der Waals surface area contributed by atoms with Gasteiger partial charge in [-0.05, 0) is 6.07 Å². The largest absolute Gasteiger partial charge is 0.369 e. The minimum Gasteiger partial charge on any atom is -0.369 e. The number of nitrogens with zero attached hydrogens (tertiary/aromatic N) is 4. The van der Waals surface area contributed by atoms with Crippen molar-refractivity contribution >= 4 is 29.3 Å². The Morgan fingerprint density at radius 3 is 2.57 bits per heavy atom. The molecule has 0 bridgehead atoms. The molecular formula is C14H17ClN6O2. The lowest BCUT2D eigenvalue weighted by Crippen LogP contribution is -2.49. The van der Waals surface area contributed by atoms with E-state index in [1.165, 1.54) is 6.07 Å². The van der Waals surface area contributed by atoms with Gasteiger partial charge >= 0.3 is 0 Å². The van der Waals surface area contributed by atoms with Gasteiger partial charge in [0.05, 0.1) is 5.02 Å². The molecule has 1 fully saturated rings. The number of halogens is 1. The van der Waals surface area contributed by atoms with Crippen molar-refractivity contribution in [1.29, 1.82) is 0 Å². The number of aromatic nitrogens is 3. The highest BCUT2D eigenvalue weighted by atomic mass is 35.5. The monoisotopic (exact) mass is 336 g/mol. The van der Waals surface area contributed by atoms with Gasteiger partial charge in [0, 0.05) is 45.5 Å². The van der Waals surface area contributed by atoms with Crippen molar-refractivity contribution in [3.8, 4) is 0 Å². The Morgan fingerprint density at radius 2 is 2.00 bits per heavy atom. The third-order valence-electron chi connectivity index (χ3n) is 3.83. The van der Waals surface area contributed by atoms with Gasteiger partial charge in [0.2, 0.25) is 5.95 Å². The summed E-state index contributed by atoms with van der Waals surface area (Å²) in [5.74, 6) is 0.558. The number of H-pyrrole nitrogens is 1. The summed E-state index contributed by atoms with van der Waals surface area (Å²) in [5.41, 5.74) is 5.83. The fourth-order valence-electron chi connectivity index (χ4n) is 2.66. The molecule has 2 aromatic rings. The normalized spacial score (nSPS) is 15.0. The highest BCUT2D eigenvalue weighted by Crippen LogP contribution is 2.17. The average Bonchev–Trinajstić information content (AvgIpc) is 2.84. The number of aromatic amines is 1. The zero-order chi connectivity index (χ0) is 16.6. The maximum absolute atomic E-state index is 12.5. The van der Waals surface area contributed by atoms with Gasteiger partial charge in [0.25, 0.3) is 11.5 Å². The van der Waals surface area contributed by atoms with Crippen molar-refractivity contribution in [3.05, 3.63) is 39.4 Å². The van der Waals surface area contributed by atoms with Crippen LogP contribution in [-0.2, 0) is 7.05 Å². The molecule has 1 aliphatic rings. The third-order valence-corrected chi connectivity index (χ3v) is 4.03. The number of nitrogens with two attached hydrogens (primary N) is 1. The van der Waals surface area contributed by atoms with Gasteiger partial charge in [0.15, 0.2) is 0 Å². The predicted molar refractivity (Wildman–Crippen MR) is 87.8 cm³/mol. The first kappa shape index (κ1) is 15.4. The summed E-state index contributed by atoms with van der Waals surface area (Å²) in [5, 5.41) is 0.540. The number of hydrogen-bond donors (Lipinski definition) is 2. The van der Waals surface area contributed by atoms with Gasteiger partial charge in [-0.3, -0.25) is 14.6 Å². The molecule has 1 saturated heterocycles. The van der Waals surface area contributed by atoms with E-state index in [-0.39, 0.29) is 17.4 Å². The van der Waals surface area contributed by atoms with Gasteiger partial charge in [-0.2, -0.15) is 4.98 Å². The molecule has 3 N–H and O–H groups in total. The number of carbonyl (C=O) groups excluding carboxylic acids is 1. The topological polar surface area (TPSA) is 100 Å². The van der Waals surface area contributed by atoms with Gasteiger partial charge < -0.3 is 20.1 Å². The SMILES string of the molecule is Cn1cc(Cl)cc1C(=O)N1CCN(c2cc(=O)[nH]c(N)n2)CC1. The van der Waals surface area contributed by atoms with Crippen molar-refractivity contribution in [2.75, 3.05) is 36.8 Å². The van der Waals surface area contributed by atoms with Crippen LogP contribution < -0.4 is 16.2 Å². The Balaban J connectivity index is 1.69. The summed E-state index contributed by atoms with van der Waals surface area (Å²) in [7, 11) is 1.79. The Kier molecular flexibility index (Phi) is 3.99. The first-order valence-corrected chi connectivity index (χ1v) is 7.55. The highest BCUT2D eigenvalue weighted by Gasteiger charge is 2.24. The number of amides is 1. The first-order chi connectivity index (χ1) is 10.9. The first-order valence-electron chi connectivity index (χ1n) is 7.17. The van der Waals surface area contributed by atoms with Crippen LogP contribution >= 0.6 is 11.6 Å². The lowest BCUT2D eigenvalue weighted by molar-refractivity contribution is 0.0737. The number of nitrogens with one attached hydrogen (secondary N) is 1. The molecule has 0 radical (unpaired) electrons. The van der Waals surface area contributed by atoms with E-state index < -0.39 is 0 Å². The number of aryl methyl sites for hydroxylation is 1. The molecule has 2 aromatic heterocycles. The predicted octanol–water partition coefficient (Wildman–Crippen LogP) is 0.306. The molecular weight excluding hydrogens is 320 g/mol. The second-order valence-corrected chi connectivity index (χ2v) is 5.86. The van der Waals surface area contributed by atoms with Crippen LogP contribution in [0.15, 0.2) is 23.1 Å². The van der Waals surface area contributed by atoms with Crippen LogP contribution in [0.2, 0.25) is 5.02 Å². The average molecular weight is 337 g/mol. The highest BCUT2D eigenvalue weighted by molar-refractivity contribution is 6.31. The number of anilines is 2. The number of carbonyl (C=O) groups is 1. The van der Waals surface area contributed by atoms with Crippen molar-refractivity contribution < 1.29 is 4.79 Å². The van der Waals surface area contributed by atoms with Gasteiger partial charge in [-0.25, -0.2) is 0 Å². The molecule has 9 heteroatoms. The zero-order valence-corrected chi connectivity index (χ0v) is 13.4. The molecule has 3 heterocycles. The lowest BCUT2D eigenvalue weighted by Gasteiger charge is -2.35. The van der Waals surface area contributed by atoms with Crippen LogP contribution in [0, 0.1) is 0 Å². The number of piperazine rings is 1. The van der Waals surface area contributed by atoms with Crippen LogP contribution in [0.25, 0.3) is 0 Å². The van der Waals surface area contributed by atoms with E-state index in [0.29, 0.717) is 42.7 Å². The molecule has 23 heavy (non-hydrogen) atoms. The van der Waals surface area contributed by atoms with E-state index in [1.807, 2.05) is 4.90 Å². The zero-order valence-electron chi connectivity index (χ0n) is 12.6. The molecule has 0 unspecified atom stereocenters. The van der Waals surface area contributed by atoms with Crippen LogP contribution in [0.3, 0.4) is 0 Å². The number of hydrogen-bond acceptors (Lipinski definition) is 5. The van der Waals surface area contributed by atoms with E-state index in [2.05, 4.69) is 9.97 Å². The summed E-state index contributed by atoms with van der Waals surface area (Å²) < 4.78 is 1.72. The molecule has 1 aliphatic heterocycles. The van der Waals surface area contributed by atoms with Crippen LogP contribution in [0.5, 0.6) is 0 Å². The minimum absolute atomic E-state index is 0.0579. The third kappa shape index (κ3) is 3.16. The Morgan fingerprint density at radius 1 is 1.30 bits per heavy atom. The van der Waals surface area contributed by atoms with E-state index in [4.69, 9.17) is 17.3 Å². The van der Waals surface area contributed by atoms with Crippen molar-refractivity contribution in [3.63, 3.8) is 0 Å². The van der Waals surface area contributed by atoms with E-state index in [1.54, 1.807) is 28.8 Å². The molecule has 1 amide bonds. The molecule has 0 aliphatic carbocycles. The quantitative estimate of drug-likeness (QED) is 0.822. The molecule has 3 rings (SSSR count). The summed E-state index contributed by atoms with van der Waals surface area (Å²) in [6, 6.07) is 3.07. The van der Waals surface area contributed by atoms with Gasteiger partial charge in [-0.15, -0.1) is 0 Å². The second-order valence-electron chi connectivity index (χ2n) is 5.42. The van der Waals surface area contributed by atoms with Crippen LogP contribution in [-0.4, -0.2) is 51.5 Å². The summed E-state index contributed by atoms with van der Waals surface area (Å²) >= 11 is 5.93. The Labute approximate surface area is 137 Å². The van der Waals surface area contributed by atoms with E-state index >= 15 is 0 Å². The fourth-order valence-corrected chi connectivity index (χ4v) is 2.91. The number of nitrogen functional groups attached to an aromatic ring is 1.